The molecule has 3 heteroatoms. The Balaban J connectivity index is 2.02. The number of hydrogen-bond donors (Lipinski definition) is 2. The fourth-order valence-electron chi connectivity index (χ4n) is 2.55. The van der Waals surface area contributed by atoms with Gasteiger partial charge in [-0.05, 0) is 32.7 Å². The van der Waals surface area contributed by atoms with E-state index in [1.165, 1.54) is 25.7 Å². The van der Waals surface area contributed by atoms with Crippen molar-refractivity contribution in [1.29, 1.82) is 0 Å². The van der Waals surface area contributed by atoms with Crippen molar-refractivity contribution in [2.75, 3.05) is 7.05 Å². The van der Waals surface area contributed by atoms with Crippen molar-refractivity contribution in [2.24, 2.45) is 5.84 Å². The molecule has 11 heavy (non-hydrogen) atoms. The number of rotatable bonds is 1. The molecule has 2 rings (SSSR count). The van der Waals surface area contributed by atoms with Crippen molar-refractivity contribution in [2.45, 2.75) is 43.8 Å². The van der Waals surface area contributed by atoms with Gasteiger partial charge in [-0.2, -0.15) is 0 Å². The van der Waals surface area contributed by atoms with Crippen molar-refractivity contribution in [3.63, 3.8) is 0 Å². The lowest BCUT2D eigenvalue weighted by molar-refractivity contribution is 0.149. The molecule has 3 N–H and O–H groups in total. The Labute approximate surface area is 67.9 Å². The van der Waals surface area contributed by atoms with Gasteiger partial charge >= 0.3 is 0 Å². The molecule has 2 atom stereocenters. The zero-order valence-corrected chi connectivity index (χ0v) is 7.09. The number of nitrogens with zero attached hydrogens (tertiary/aromatic N) is 1. The number of piperidine rings is 1. The number of hydrogen-bond acceptors (Lipinski definition) is 3. The van der Waals surface area contributed by atoms with Crippen molar-refractivity contribution in [3.05, 3.63) is 0 Å². The van der Waals surface area contributed by atoms with E-state index >= 15 is 0 Å². The monoisotopic (exact) mass is 155 g/mol. The van der Waals surface area contributed by atoms with Crippen molar-refractivity contribution < 1.29 is 0 Å². The average molecular weight is 155 g/mol. The molecule has 0 amide bonds. The van der Waals surface area contributed by atoms with Gasteiger partial charge in [0, 0.05) is 18.1 Å². The van der Waals surface area contributed by atoms with Crippen LogP contribution in [0.1, 0.15) is 25.7 Å². The van der Waals surface area contributed by atoms with Crippen LogP contribution in [-0.4, -0.2) is 30.1 Å². The van der Waals surface area contributed by atoms with E-state index < -0.39 is 0 Å². The fourth-order valence-corrected chi connectivity index (χ4v) is 2.55. The van der Waals surface area contributed by atoms with Crippen molar-refractivity contribution in [3.8, 4) is 0 Å². The molecule has 0 aromatic rings. The standard InChI is InChI=1S/C8H17N3/c1-11-7-2-3-8(11)5-6(4-7)10-9/h6-8,10H,2-5,9H2,1H3/t7-,8-/m0/s1. The molecule has 0 aromatic heterocycles. The first-order chi connectivity index (χ1) is 5.31. The molecule has 0 aliphatic carbocycles. The number of nitrogens with two attached hydrogens (primary N) is 1. The van der Waals surface area contributed by atoms with Crippen LogP contribution in [0.15, 0.2) is 0 Å². The molecule has 2 bridgehead atoms. The summed E-state index contributed by atoms with van der Waals surface area (Å²) in [4.78, 5) is 2.52. The van der Waals surface area contributed by atoms with Gasteiger partial charge in [-0.1, -0.05) is 0 Å². The summed E-state index contributed by atoms with van der Waals surface area (Å²) in [6.07, 6.45) is 5.23. The summed E-state index contributed by atoms with van der Waals surface area (Å²) in [7, 11) is 2.25. The van der Waals surface area contributed by atoms with Gasteiger partial charge in [0.2, 0.25) is 0 Å². The number of fused-ring (bicyclic) bond motifs is 2. The summed E-state index contributed by atoms with van der Waals surface area (Å²) in [6, 6.07) is 2.17. The molecular formula is C8H17N3. The van der Waals surface area contributed by atoms with Crippen LogP contribution in [0, 0.1) is 0 Å². The summed E-state index contributed by atoms with van der Waals surface area (Å²) in [5.41, 5.74) is 2.90. The lowest BCUT2D eigenvalue weighted by Crippen LogP contribution is -2.49. The molecule has 2 aliphatic rings. The lowest BCUT2D eigenvalue weighted by Gasteiger charge is -2.35. The molecule has 0 unspecified atom stereocenters. The Bertz CT molecular complexity index is 134. The van der Waals surface area contributed by atoms with E-state index in [-0.39, 0.29) is 0 Å². The predicted octanol–water partition coefficient (Wildman–Crippen LogP) is 0.0749. The number of hydrazine groups is 1. The van der Waals surface area contributed by atoms with Crippen LogP contribution in [-0.2, 0) is 0 Å². The maximum absolute atomic E-state index is 5.43. The summed E-state index contributed by atoms with van der Waals surface area (Å²) in [5.74, 6) is 5.43. The van der Waals surface area contributed by atoms with Gasteiger partial charge in [-0.15, -0.1) is 0 Å². The topological polar surface area (TPSA) is 41.3 Å². The first-order valence-corrected chi connectivity index (χ1v) is 4.49. The molecule has 0 saturated carbocycles. The zero-order valence-electron chi connectivity index (χ0n) is 7.09. The van der Waals surface area contributed by atoms with Crippen LogP contribution in [0.5, 0.6) is 0 Å². The highest BCUT2D eigenvalue weighted by atomic mass is 15.3. The molecule has 2 saturated heterocycles. The van der Waals surface area contributed by atoms with E-state index in [4.69, 9.17) is 5.84 Å². The van der Waals surface area contributed by atoms with Gasteiger partial charge in [-0.25, -0.2) is 0 Å². The predicted molar refractivity (Wildman–Crippen MR) is 44.9 cm³/mol. The van der Waals surface area contributed by atoms with E-state index in [0.29, 0.717) is 6.04 Å². The Morgan fingerprint density at radius 1 is 1.27 bits per heavy atom. The van der Waals surface area contributed by atoms with E-state index in [1.807, 2.05) is 0 Å². The first-order valence-electron chi connectivity index (χ1n) is 4.49. The molecule has 0 spiro atoms. The van der Waals surface area contributed by atoms with E-state index in [9.17, 15) is 0 Å². The van der Waals surface area contributed by atoms with E-state index in [2.05, 4.69) is 17.4 Å². The molecule has 2 aliphatic heterocycles. The summed E-state index contributed by atoms with van der Waals surface area (Å²) < 4.78 is 0. The van der Waals surface area contributed by atoms with Crippen LogP contribution in [0.4, 0.5) is 0 Å². The highest BCUT2D eigenvalue weighted by Gasteiger charge is 2.37. The molecule has 3 nitrogen and oxygen atoms in total. The second-order valence-corrected chi connectivity index (χ2v) is 3.89. The molecule has 64 valence electrons. The molecule has 0 radical (unpaired) electrons. The Morgan fingerprint density at radius 2 is 1.82 bits per heavy atom. The van der Waals surface area contributed by atoms with E-state index in [1.54, 1.807) is 0 Å². The van der Waals surface area contributed by atoms with Crippen LogP contribution in [0.25, 0.3) is 0 Å². The maximum Gasteiger partial charge on any atom is 0.0240 e. The van der Waals surface area contributed by atoms with Crippen LogP contribution >= 0.6 is 0 Å². The maximum atomic E-state index is 5.43. The van der Waals surface area contributed by atoms with Crippen molar-refractivity contribution >= 4 is 0 Å². The third-order valence-electron chi connectivity index (χ3n) is 3.33. The average Bonchev–Trinajstić information content (AvgIpc) is 2.26. The second-order valence-electron chi connectivity index (χ2n) is 3.89. The minimum absolute atomic E-state index is 0.573. The Kier molecular flexibility index (Phi) is 1.87. The highest BCUT2D eigenvalue weighted by molar-refractivity contribution is 4.95. The summed E-state index contributed by atoms with van der Waals surface area (Å²) in [5, 5.41) is 0. The summed E-state index contributed by atoms with van der Waals surface area (Å²) >= 11 is 0. The third-order valence-corrected chi connectivity index (χ3v) is 3.33. The van der Waals surface area contributed by atoms with Gasteiger partial charge in [-0.3, -0.25) is 11.3 Å². The minimum Gasteiger partial charge on any atom is -0.300 e. The van der Waals surface area contributed by atoms with Gasteiger partial charge in [0.05, 0.1) is 0 Å². The van der Waals surface area contributed by atoms with E-state index in [0.717, 1.165) is 12.1 Å². The number of nitrogens with one attached hydrogen (secondary N) is 1. The third kappa shape index (κ3) is 1.17. The minimum atomic E-state index is 0.573. The lowest BCUT2D eigenvalue weighted by atomic mass is 9.99. The van der Waals surface area contributed by atoms with Crippen molar-refractivity contribution in [1.82, 2.24) is 10.3 Å². The largest absolute Gasteiger partial charge is 0.300 e. The van der Waals surface area contributed by atoms with Gasteiger partial charge in [0.1, 0.15) is 0 Å². The molecule has 2 fully saturated rings. The summed E-state index contributed by atoms with van der Waals surface area (Å²) in [6.45, 7) is 0. The molecule has 2 heterocycles. The van der Waals surface area contributed by atoms with Gasteiger partial charge in [0.25, 0.3) is 0 Å². The van der Waals surface area contributed by atoms with Gasteiger partial charge in [0.15, 0.2) is 0 Å². The molecule has 0 aromatic carbocycles. The quantitative estimate of drug-likeness (QED) is 0.416. The fraction of sp³-hybridized carbons (Fsp3) is 1.00. The van der Waals surface area contributed by atoms with Crippen LogP contribution in [0.2, 0.25) is 0 Å². The smallest absolute Gasteiger partial charge is 0.0240 e. The highest BCUT2D eigenvalue weighted by Crippen LogP contribution is 2.33. The Hall–Kier alpha value is -0.120. The molecular weight excluding hydrogens is 138 g/mol. The van der Waals surface area contributed by atoms with Gasteiger partial charge < -0.3 is 4.90 Å². The van der Waals surface area contributed by atoms with Crippen LogP contribution in [0.3, 0.4) is 0 Å². The normalized spacial score (nSPS) is 44.7. The SMILES string of the molecule is CN1[C@H]2CC[C@H]1CC(NN)C2. The zero-order chi connectivity index (χ0) is 7.84. The van der Waals surface area contributed by atoms with Crippen LogP contribution < -0.4 is 11.3 Å². The first kappa shape index (κ1) is 7.53. The Morgan fingerprint density at radius 3 is 2.27 bits per heavy atom. The second kappa shape index (κ2) is 2.73.